The SMILES string of the molecule is FC(F)Oc1ccc(Cl)cc1CNC1CCN(C2CC2)C1. The van der Waals surface area contributed by atoms with E-state index < -0.39 is 6.61 Å². The minimum Gasteiger partial charge on any atom is -0.434 e. The second-order valence-corrected chi connectivity index (χ2v) is 6.16. The van der Waals surface area contributed by atoms with E-state index in [1.807, 2.05) is 0 Å². The molecule has 1 heterocycles. The second-order valence-electron chi connectivity index (χ2n) is 5.72. The van der Waals surface area contributed by atoms with Crippen LogP contribution in [0.15, 0.2) is 18.2 Å². The van der Waals surface area contributed by atoms with Crippen LogP contribution in [0.5, 0.6) is 5.75 Å². The molecule has 116 valence electrons. The quantitative estimate of drug-likeness (QED) is 0.872. The molecule has 0 aromatic heterocycles. The fourth-order valence-corrected chi connectivity index (χ4v) is 3.07. The zero-order valence-electron chi connectivity index (χ0n) is 11.7. The Kier molecular flexibility index (Phi) is 4.62. The average molecular weight is 317 g/mol. The van der Waals surface area contributed by atoms with Gasteiger partial charge >= 0.3 is 6.61 Å². The molecule has 1 atom stereocenters. The van der Waals surface area contributed by atoms with Gasteiger partial charge in [0.2, 0.25) is 0 Å². The average Bonchev–Trinajstić information content (AvgIpc) is 3.18. The maximum atomic E-state index is 12.4. The molecule has 1 aliphatic carbocycles. The van der Waals surface area contributed by atoms with Crippen molar-refractivity contribution in [2.45, 2.75) is 44.5 Å². The van der Waals surface area contributed by atoms with E-state index in [4.69, 9.17) is 11.6 Å². The van der Waals surface area contributed by atoms with E-state index in [0.717, 1.165) is 25.6 Å². The van der Waals surface area contributed by atoms with Crippen molar-refractivity contribution in [3.63, 3.8) is 0 Å². The van der Waals surface area contributed by atoms with Crippen LogP contribution < -0.4 is 10.1 Å². The van der Waals surface area contributed by atoms with E-state index in [-0.39, 0.29) is 5.75 Å². The lowest BCUT2D eigenvalue weighted by Gasteiger charge is -2.17. The van der Waals surface area contributed by atoms with Gasteiger partial charge in [0.1, 0.15) is 5.75 Å². The topological polar surface area (TPSA) is 24.5 Å². The van der Waals surface area contributed by atoms with Crippen molar-refractivity contribution in [2.24, 2.45) is 0 Å². The molecule has 1 unspecified atom stereocenters. The van der Waals surface area contributed by atoms with Gasteiger partial charge in [0.25, 0.3) is 0 Å². The molecule has 1 aromatic rings. The summed E-state index contributed by atoms with van der Waals surface area (Å²) in [7, 11) is 0. The molecule has 3 rings (SSSR count). The molecule has 0 radical (unpaired) electrons. The zero-order valence-corrected chi connectivity index (χ0v) is 12.5. The molecule has 6 heteroatoms. The highest BCUT2D eigenvalue weighted by molar-refractivity contribution is 6.30. The van der Waals surface area contributed by atoms with Gasteiger partial charge in [-0.15, -0.1) is 0 Å². The minimum absolute atomic E-state index is 0.193. The van der Waals surface area contributed by atoms with Crippen molar-refractivity contribution < 1.29 is 13.5 Å². The molecule has 1 aliphatic heterocycles. The molecule has 0 amide bonds. The van der Waals surface area contributed by atoms with Gasteiger partial charge in [0.05, 0.1) is 0 Å². The standard InChI is InChI=1S/C15H19ClF2N2O/c16-11-1-4-14(21-15(17)18)10(7-11)8-19-12-5-6-20(9-12)13-2-3-13/h1,4,7,12-13,15,19H,2-3,5-6,8-9H2. The molecule has 1 saturated carbocycles. The number of hydrogen-bond acceptors (Lipinski definition) is 3. The lowest BCUT2D eigenvalue weighted by molar-refractivity contribution is -0.0505. The van der Waals surface area contributed by atoms with Crippen molar-refractivity contribution in [1.82, 2.24) is 10.2 Å². The highest BCUT2D eigenvalue weighted by atomic mass is 35.5. The third-order valence-corrected chi connectivity index (χ3v) is 4.34. The van der Waals surface area contributed by atoms with Gasteiger partial charge in [0.15, 0.2) is 0 Å². The minimum atomic E-state index is -2.82. The molecule has 0 bridgehead atoms. The van der Waals surface area contributed by atoms with Gasteiger partial charge in [-0.1, -0.05) is 11.6 Å². The Morgan fingerprint density at radius 3 is 2.86 bits per heavy atom. The Morgan fingerprint density at radius 2 is 2.14 bits per heavy atom. The molecule has 0 spiro atoms. The summed E-state index contributed by atoms with van der Waals surface area (Å²) in [5, 5.41) is 3.95. The molecule has 1 aromatic carbocycles. The molecule has 21 heavy (non-hydrogen) atoms. The number of hydrogen-bond donors (Lipinski definition) is 1. The molecular weight excluding hydrogens is 298 g/mol. The summed E-state index contributed by atoms with van der Waals surface area (Å²) >= 11 is 5.94. The van der Waals surface area contributed by atoms with Crippen molar-refractivity contribution >= 4 is 11.6 Å². The summed E-state index contributed by atoms with van der Waals surface area (Å²) < 4.78 is 29.4. The van der Waals surface area contributed by atoms with Crippen LogP contribution >= 0.6 is 11.6 Å². The van der Waals surface area contributed by atoms with E-state index in [2.05, 4.69) is 15.0 Å². The van der Waals surface area contributed by atoms with Crippen LogP contribution in [0, 0.1) is 0 Å². The largest absolute Gasteiger partial charge is 0.434 e. The van der Waals surface area contributed by atoms with Crippen molar-refractivity contribution in [3.05, 3.63) is 28.8 Å². The summed E-state index contributed by atoms with van der Waals surface area (Å²) in [4.78, 5) is 2.51. The number of benzene rings is 1. The van der Waals surface area contributed by atoms with Gasteiger partial charge in [-0.2, -0.15) is 8.78 Å². The molecule has 2 fully saturated rings. The van der Waals surface area contributed by atoms with Gasteiger partial charge < -0.3 is 10.1 Å². The number of rotatable bonds is 6. The first kappa shape index (κ1) is 15.0. The van der Waals surface area contributed by atoms with Gasteiger partial charge in [-0.25, -0.2) is 0 Å². The highest BCUT2D eigenvalue weighted by Gasteiger charge is 2.34. The maximum Gasteiger partial charge on any atom is 0.387 e. The molecule has 3 nitrogen and oxygen atoms in total. The third kappa shape index (κ3) is 4.05. The summed E-state index contributed by atoms with van der Waals surface area (Å²) in [6, 6.07) is 5.92. The van der Waals surface area contributed by atoms with Crippen LogP contribution in [0.4, 0.5) is 8.78 Å². The van der Waals surface area contributed by atoms with Crippen LogP contribution in [0.2, 0.25) is 5.02 Å². The fraction of sp³-hybridized carbons (Fsp3) is 0.600. The van der Waals surface area contributed by atoms with Gasteiger partial charge in [-0.3, -0.25) is 4.90 Å². The summed E-state index contributed by atoms with van der Waals surface area (Å²) in [6.45, 7) is -0.165. The summed E-state index contributed by atoms with van der Waals surface area (Å²) in [5.74, 6) is 0.193. The third-order valence-electron chi connectivity index (χ3n) is 4.10. The maximum absolute atomic E-state index is 12.4. The Labute approximate surface area is 128 Å². The van der Waals surface area contributed by atoms with Crippen molar-refractivity contribution in [2.75, 3.05) is 13.1 Å². The number of alkyl halides is 2. The van der Waals surface area contributed by atoms with E-state index in [1.54, 1.807) is 12.1 Å². The molecular formula is C15H19ClF2N2O. The first-order valence-electron chi connectivity index (χ1n) is 7.32. The van der Waals surface area contributed by atoms with Crippen LogP contribution in [0.1, 0.15) is 24.8 Å². The second kappa shape index (κ2) is 6.46. The van der Waals surface area contributed by atoms with E-state index >= 15 is 0 Å². The Balaban J connectivity index is 1.57. The smallest absolute Gasteiger partial charge is 0.387 e. The monoisotopic (exact) mass is 316 g/mol. The van der Waals surface area contributed by atoms with Crippen molar-refractivity contribution in [1.29, 1.82) is 0 Å². The predicted molar refractivity (Wildman–Crippen MR) is 77.9 cm³/mol. The molecule has 1 N–H and O–H groups in total. The molecule has 2 aliphatic rings. The zero-order chi connectivity index (χ0) is 14.8. The Hall–Kier alpha value is -0.910. The lowest BCUT2D eigenvalue weighted by Crippen LogP contribution is -2.33. The summed E-state index contributed by atoms with van der Waals surface area (Å²) in [5.41, 5.74) is 0.674. The van der Waals surface area contributed by atoms with Crippen molar-refractivity contribution in [3.8, 4) is 5.75 Å². The first-order valence-corrected chi connectivity index (χ1v) is 7.70. The van der Waals surface area contributed by atoms with Crippen LogP contribution in [-0.2, 0) is 6.54 Å². The highest BCUT2D eigenvalue weighted by Crippen LogP contribution is 2.30. The Bertz CT molecular complexity index is 497. The number of likely N-dealkylation sites (tertiary alicyclic amines) is 1. The molecule has 1 saturated heterocycles. The summed E-state index contributed by atoms with van der Waals surface area (Å²) in [6.07, 6.45) is 3.73. The van der Waals surface area contributed by atoms with Crippen LogP contribution in [0.25, 0.3) is 0 Å². The number of halogens is 3. The van der Waals surface area contributed by atoms with E-state index in [0.29, 0.717) is 23.2 Å². The normalized spacial score (nSPS) is 23.0. The first-order chi connectivity index (χ1) is 10.1. The Morgan fingerprint density at radius 1 is 1.33 bits per heavy atom. The fourth-order valence-electron chi connectivity index (χ4n) is 2.88. The van der Waals surface area contributed by atoms with Gasteiger partial charge in [-0.05, 0) is 37.5 Å². The van der Waals surface area contributed by atoms with Crippen LogP contribution in [-0.4, -0.2) is 36.7 Å². The lowest BCUT2D eigenvalue weighted by atomic mass is 10.1. The number of ether oxygens (including phenoxy) is 1. The van der Waals surface area contributed by atoms with Gasteiger partial charge in [0, 0.05) is 42.3 Å². The number of nitrogens with one attached hydrogen (secondary N) is 1. The number of nitrogens with zero attached hydrogens (tertiary/aromatic N) is 1. The van der Waals surface area contributed by atoms with Crippen LogP contribution in [0.3, 0.4) is 0 Å². The van der Waals surface area contributed by atoms with E-state index in [9.17, 15) is 8.78 Å². The predicted octanol–water partition coefficient (Wildman–Crippen LogP) is 3.27. The van der Waals surface area contributed by atoms with E-state index in [1.165, 1.54) is 18.9 Å².